The number of aromatic nitrogens is 4. The summed E-state index contributed by atoms with van der Waals surface area (Å²) >= 11 is 5.97. The smallest absolute Gasteiger partial charge is 0.121 e. The second-order valence-corrected chi connectivity index (χ2v) is 5.32. The molecular formula is C14H16ClN5. The molecule has 0 saturated carbocycles. The molecule has 3 aromatic rings. The van der Waals surface area contributed by atoms with Crippen molar-refractivity contribution < 1.29 is 0 Å². The lowest BCUT2D eigenvalue weighted by molar-refractivity contribution is 0.305. The minimum absolute atomic E-state index is 0.723. The molecule has 0 bridgehead atoms. The predicted molar refractivity (Wildman–Crippen MR) is 79.7 cm³/mol. The number of rotatable bonds is 5. The number of fused-ring (bicyclic) bond motifs is 1. The molecule has 0 radical (unpaired) electrons. The molecule has 0 saturated heterocycles. The Bertz CT molecular complexity index is 689. The fourth-order valence-corrected chi connectivity index (χ4v) is 2.32. The van der Waals surface area contributed by atoms with Crippen LogP contribution >= 0.6 is 11.6 Å². The molecular weight excluding hydrogens is 274 g/mol. The summed E-state index contributed by atoms with van der Waals surface area (Å²) in [5.74, 6) is 0.954. The van der Waals surface area contributed by atoms with Crippen LogP contribution in [0.3, 0.4) is 0 Å². The Morgan fingerprint density at radius 3 is 3.10 bits per heavy atom. The van der Waals surface area contributed by atoms with Gasteiger partial charge in [0, 0.05) is 30.5 Å². The zero-order valence-corrected chi connectivity index (χ0v) is 12.0. The van der Waals surface area contributed by atoms with Crippen molar-refractivity contribution in [1.82, 2.24) is 24.4 Å². The first-order chi connectivity index (χ1) is 9.70. The van der Waals surface area contributed by atoms with Gasteiger partial charge >= 0.3 is 0 Å². The van der Waals surface area contributed by atoms with Gasteiger partial charge in [0.15, 0.2) is 0 Å². The fourth-order valence-electron chi connectivity index (χ4n) is 2.15. The summed E-state index contributed by atoms with van der Waals surface area (Å²) < 4.78 is 2.06. The molecule has 3 rings (SSSR count). The topological polar surface area (TPSA) is 49.7 Å². The van der Waals surface area contributed by atoms with Crippen molar-refractivity contribution in [3.05, 3.63) is 47.8 Å². The Labute approximate surface area is 122 Å². The first-order valence-corrected chi connectivity index (χ1v) is 6.87. The maximum absolute atomic E-state index is 5.97. The van der Waals surface area contributed by atoms with Crippen LogP contribution in [0.2, 0.25) is 5.02 Å². The van der Waals surface area contributed by atoms with Crippen LogP contribution in [0, 0.1) is 0 Å². The lowest BCUT2D eigenvalue weighted by atomic mass is 10.3. The number of nitrogens with one attached hydrogen (secondary N) is 1. The fraction of sp³-hybridized carbons (Fsp3) is 0.286. The van der Waals surface area contributed by atoms with Gasteiger partial charge < -0.3 is 9.55 Å². The highest BCUT2D eigenvalue weighted by Crippen LogP contribution is 2.17. The first kappa shape index (κ1) is 13.1. The predicted octanol–water partition coefficient (Wildman–Crippen LogP) is 2.54. The Morgan fingerprint density at radius 2 is 2.30 bits per heavy atom. The molecule has 2 heterocycles. The van der Waals surface area contributed by atoms with E-state index in [0.717, 1.165) is 41.5 Å². The van der Waals surface area contributed by atoms with Crippen LogP contribution in [-0.2, 0) is 13.1 Å². The zero-order chi connectivity index (χ0) is 13.9. The lowest BCUT2D eigenvalue weighted by Gasteiger charge is -2.15. The van der Waals surface area contributed by atoms with Crippen LogP contribution in [-0.4, -0.2) is 38.0 Å². The maximum atomic E-state index is 5.97. The van der Waals surface area contributed by atoms with Crippen molar-refractivity contribution in [2.45, 2.75) is 13.1 Å². The summed E-state index contributed by atoms with van der Waals surface area (Å²) in [7, 11) is 2.08. The van der Waals surface area contributed by atoms with Gasteiger partial charge in [0.2, 0.25) is 0 Å². The Morgan fingerprint density at radius 1 is 1.40 bits per heavy atom. The number of H-pyrrole nitrogens is 1. The molecule has 2 aromatic heterocycles. The molecule has 0 aliphatic carbocycles. The Balaban J connectivity index is 1.63. The second-order valence-electron chi connectivity index (χ2n) is 4.88. The highest BCUT2D eigenvalue weighted by atomic mass is 35.5. The van der Waals surface area contributed by atoms with Crippen molar-refractivity contribution in [3.8, 4) is 0 Å². The molecule has 0 aliphatic heterocycles. The normalized spacial score (nSPS) is 11.6. The third-order valence-corrected chi connectivity index (χ3v) is 3.45. The largest absolute Gasteiger partial charge is 0.341 e. The van der Waals surface area contributed by atoms with Crippen LogP contribution in [0.25, 0.3) is 11.0 Å². The van der Waals surface area contributed by atoms with Crippen molar-refractivity contribution >= 4 is 22.6 Å². The molecule has 0 fully saturated rings. The number of nitrogens with zero attached hydrogens (tertiary/aromatic N) is 4. The summed E-state index contributed by atoms with van der Waals surface area (Å²) in [6.45, 7) is 2.64. The van der Waals surface area contributed by atoms with Gasteiger partial charge in [-0.05, 0) is 25.2 Å². The number of benzene rings is 1. The average molecular weight is 290 g/mol. The van der Waals surface area contributed by atoms with E-state index in [9.17, 15) is 0 Å². The van der Waals surface area contributed by atoms with E-state index in [1.54, 1.807) is 6.20 Å². The molecule has 1 N–H and O–H groups in total. The molecule has 0 amide bonds. The van der Waals surface area contributed by atoms with E-state index >= 15 is 0 Å². The van der Waals surface area contributed by atoms with E-state index in [-0.39, 0.29) is 0 Å². The Kier molecular flexibility index (Phi) is 3.71. The monoisotopic (exact) mass is 289 g/mol. The van der Waals surface area contributed by atoms with Crippen molar-refractivity contribution in [1.29, 1.82) is 0 Å². The third-order valence-electron chi connectivity index (χ3n) is 3.21. The third kappa shape index (κ3) is 3.00. The van der Waals surface area contributed by atoms with Crippen LogP contribution in [0.15, 0.2) is 36.9 Å². The highest BCUT2D eigenvalue weighted by Gasteiger charge is 2.06. The number of halogens is 1. The van der Waals surface area contributed by atoms with E-state index in [4.69, 9.17) is 11.6 Å². The minimum atomic E-state index is 0.723. The van der Waals surface area contributed by atoms with E-state index in [1.807, 2.05) is 30.7 Å². The molecule has 104 valence electrons. The van der Waals surface area contributed by atoms with Crippen molar-refractivity contribution in [2.75, 3.05) is 13.6 Å². The average Bonchev–Trinajstić information content (AvgIpc) is 3.04. The van der Waals surface area contributed by atoms with Crippen LogP contribution in [0.1, 0.15) is 5.82 Å². The highest BCUT2D eigenvalue weighted by molar-refractivity contribution is 6.31. The van der Waals surface area contributed by atoms with Crippen molar-refractivity contribution in [3.63, 3.8) is 0 Å². The minimum Gasteiger partial charge on any atom is -0.341 e. The SMILES string of the molecule is CN(CCn1ccnc1)Cc1nc2ccc(Cl)cc2[nH]1. The van der Waals surface area contributed by atoms with Gasteiger partial charge in [0.25, 0.3) is 0 Å². The van der Waals surface area contributed by atoms with E-state index < -0.39 is 0 Å². The molecule has 6 heteroatoms. The van der Waals surface area contributed by atoms with Gasteiger partial charge in [0.1, 0.15) is 5.82 Å². The van der Waals surface area contributed by atoms with E-state index in [0.29, 0.717) is 0 Å². The van der Waals surface area contributed by atoms with Gasteiger partial charge in [-0.15, -0.1) is 0 Å². The number of aromatic amines is 1. The quantitative estimate of drug-likeness (QED) is 0.785. The maximum Gasteiger partial charge on any atom is 0.121 e. The summed E-state index contributed by atoms with van der Waals surface area (Å²) in [4.78, 5) is 14.1. The van der Waals surface area contributed by atoms with Crippen LogP contribution in [0.5, 0.6) is 0 Å². The molecule has 0 aliphatic rings. The molecule has 5 nitrogen and oxygen atoms in total. The van der Waals surface area contributed by atoms with Gasteiger partial charge in [0.05, 0.1) is 23.9 Å². The van der Waals surface area contributed by atoms with E-state index in [2.05, 4.69) is 31.5 Å². The summed E-state index contributed by atoms with van der Waals surface area (Å²) in [5, 5.41) is 0.723. The van der Waals surface area contributed by atoms with Gasteiger partial charge in [-0.2, -0.15) is 0 Å². The number of hydrogen-bond donors (Lipinski definition) is 1. The zero-order valence-electron chi connectivity index (χ0n) is 11.3. The van der Waals surface area contributed by atoms with Crippen molar-refractivity contribution in [2.24, 2.45) is 0 Å². The lowest BCUT2D eigenvalue weighted by Crippen LogP contribution is -2.23. The van der Waals surface area contributed by atoms with Gasteiger partial charge in [-0.3, -0.25) is 4.90 Å². The second kappa shape index (κ2) is 5.64. The molecule has 20 heavy (non-hydrogen) atoms. The summed E-state index contributed by atoms with van der Waals surface area (Å²) in [6.07, 6.45) is 5.59. The number of likely N-dealkylation sites (N-methyl/N-ethyl adjacent to an activating group) is 1. The van der Waals surface area contributed by atoms with Gasteiger partial charge in [-0.1, -0.05) is 11.6 Å². The number of hydrogen-bond acceptors (Lipinski definition) is 3. The van der Waals surface area contributed by atoms with E-state index in [1.165, 1.54) is 0 Å². The molecule has 0 unspecified atom stereocenters. The van der Waals surface area contributed by atoms with Gasteiger partial charge in [-0.25, -0.2) is 9.97 Å². The van der Waals surface area contributed by atoms with Crippen LogP contribution < -0.4 is 0 Å². The molecule has 0 spiro atoms. The Hall–Kier alpha value is -1.85. The summed E-state index contributed by atoms with van der Waals surface area (Å²) in [6, 6.07) is 5.69. The van der Waals surface area contributed by atoms with Crippen LogP contribution in [0.4, 0.5) is 0 Å². The first-order valence-electron chi connectivity index (χ1n) is 6.49. The molecule has 1 aromatic carbocycles. The number of imidazole rings is 2. The molecule has 0 atom stereocenters. The summed E-state index contributed by atoms with van der Waals surface area (Å²) in [5.41, 5.74) is 1.93. The standard InChI is InChI=1S/C14H16ClN5/c1-19(6-7-20-5-4-16-10-20)9-14-17-12-3-2-11(15)8-13(12)18-14/h2-5,8,10H,6-7,9H2,1H3,(H,17,18).